The molecule has 64 valence electrons. The van der Waals surface area contributed by atoms with E-state index in [1.807, 2.05) is 27.7 Å². The number of hydrogen-bond donors (Lipinski definition) is 1. The Bertz CT molecular complexity index is 157. The Morgan fingerprint density at radius 3 is 2.36 bits per heavy atom. The van der Waals surface area contributed by atoms with Gasteiger partial charge in [-0.05, 0) is 19.8 Å². The standard InChI is InChI=1S/C9H18N2/c1-5-11-8(4)6-9(10)7(2)3/h7,10H,5-6H2,1-4H3. The molecule has 2 nitrogen and oxygen atoms in total. The van der Waals surface area contributed by atoms with Crippen LogP contribution in [0.25, 0.3) is 0 Å². The van der Waals surface area contributed by atoms with E-state index in [2.05, 4.69) is 4.99 Å². The summed E-state index contributed by atoms with van der Waals surface area (Å²) < 4.78 is 0. The van der Waals surface area contributed by atoms with Crippen LogP contribution in [0.4, 0.5) is 0 Å². The van der Waals surface area contributed by atoms with Crippen LogP contribution in [0.3, 0.4) is 0 Å². The fraction of sp³-hybridized carbons (Fsp3) is 0.778. The molecule has 0 fully saturated rings. The zero-order valence-electron chi connectivity index (χ0n) is 7.94. The molecule has 0 aliphatic heterocycles. The van der Waals surface area contributed by atoms with E-state index in [4.69, 9.17) is 5.41 Å². The van der Waals surface area contributed by atoms with Crippen LogP contribution in [0.15, 0.2) is 4.99 Å². The number of nitrogens with one attached hydrogen (secondary N) is 1. The van der Waals surface area contributed by atoms with Crippen molar-refractivity contribution in [2.75, 3.05) is 6.54 Å². The predicted octanol–water partition coefficient (Wildman–Crippen LogP) is 2.53. The van der Waals surface area contributed by atoms with Crippen molar-refractivity contribution in [2.45, 2.75) is 34.1 Å². The topological polar surface area (TPSA) is 36.2 Å². The summed E-state index contributed by atoms with van der Waals surface area (Å²) in [5.74, 6) is 0.358. The van der Waals surface area contributed by atoms with E-state index in [1.165, 1.54) is 0 Å². The van der Waals surface area contributed by atoms with Crippen molar-refractivity contribution < 1.29 is 0 Å². The Hall–Kier alpha value is -0.660. The van der Waals surface area contributed by atoms with E-state index in [1.54, 1.807) is 0 Å². The third kappa shape index (κ3) is 4.71. The second-order valence-electron chi connectivity index (χ2n) is 3.07. The molecule has 0 saturated heterocycles. The number of hydrogen-bond acceptors (Lipinski definition) is 2. The van der Waals surface area contributed by atoms with Gasteiger partial charge >= 0.3 is 0 Å². The number of rotatable bonds is 4. The van der Waals surface area contributed by atoms with Crippen LogP contribution < -0.4 is 0 Å². The van der Waals surface area contributed by atoms with E-state index in [9.17, 15) is 0 Å². The molecular formula is C9H18N2. The molecule has 0 unspecified atom stereocenters. The van der Waals surface area contributed by atoms with Gasteiger partial charge < -0.3 is 5.41 Å². The van der Waals surface area contributed by atoms with Gasteiger partial charge in [-0.2, -0.15) is 0 Å². The highest BCUT2D eigenvalue weighted by Gasteiger charge is 2.03. The molecule has 0 bridgehead atoms. The molecule has 1 N–H and O–H groups in total. The highest BCUT2D eigenvalue weighted by molar-refractivity contribution is 6.02. The molecule has 0 heterocycles. The molecule has 0 rings (SSSR count). The zero-order valence-corrected chi connectivity index (χ0v) is 7.94. The summed E-state index contributed by atoms with van der Waals surface area (Å²) >= 11 is 0. The summed E-state index contributed by atoms with van der Waals surface area (Å²) in [4.78, 5) is 4.22. The molecule has 2 heteroatoms. The van der Waals surface area contributed by atoms with E-state index in [0.29, 0.717) is 5.92 Å². The van der Waals surface area contributed by atoms with Crippen molar-refractivity contribution in [3.05, 3.63) is 0 Å². The Labute approximate surface area is 69.2 Å². The van der Waals surface area contributed by atoms with Crippen LogP contribution in [-0.2, 0) is 0 Å². The first kappa shape index (κ1) is 10.3. The van der Waals surface area contributed by atoms with Crippen LogP contribution in [-0.4, -0.2) is 18.0 Å². The zero-order chi connectivity index (χ0) is 8.85. The van der Waals surface area contributed by atoms with E-state index in [0.717, 1.165) is 24.4 Å². The van der Waals surface area contributed by atoms with Crippen molar-refractivity contribution in [1.29, 1.82) is 5.41 Å². The van der Waals surface area contributed by atoms with E-state index in [-0.39, 0.29) is 0 Å². The predicted molar refractivity (Wildman–Crippen MR) is 50.8 cm³/mol. The van der Waals surface area contributed by atoms with Gasteiger partial charge in [-0.3, -0.25) is 4.99 Å². The molecule has 0 saturated carbocycles. The van der Waals surface area contributed by atoms with Gasteiger partial charge in [-0.25, -0.2) is 0 Å². The Kier molecular flexibility index (Phi) is 4.75. The first-order valence-corrected chi connectivity index (χ1v) is 4.15. The lowest BCUT2D eigenvalue weighted by molar-refractivity contribution is 0.861. The number of nitrogens with zero attached hydrogens (tertiary/aromatic N) is 1. The smallest absolute Gasteiger partial charge is 0.0360 e. The maximum Gasteiger partial charge on any atom is 0.0360 e. The van der Waals surface area contributed by atoms with Crippen molar-refractivity contribution in [2.24, 2.45) is 10.9 Å². The van der Waals surface area contributed by atoms with E-state index < -0.39 is 0 Å². The average Bonchev–Trinajstić information content (AvgIpc) is 1.87. The maximum atomic E-state index is 7.57. The Balaban J connectivity index is 3.85. The van der Waals surface area contributed by atoms with Gasteiger partial charge in [0.2, 0.25) is 0 Å². The minimum absolute atomic E-state index is 0.358. The molecule has 0 aliphatic rings. The summed E-state index contributed by atoms with van der Waals surface area (Å²) in [6, 6.07) is 0. The third-order valence-corrected chi connectivity index (χ3v) is 1.57. The van der Waals surface area contributed by atoms with Gasteiger partial charge in [0.05, 0.1) is 0 Å². The van der Waals surface area contributed by atoms with Gasteiger partial charge in [0.15, 0.2) is 0 Å². The lowest BCUT2D eigenvalue weighted by atomic mass is 10.0. The summed E-state index contributed by atoms with van der Waals surface area (Å²) in [5, 5.41) is 7.57. The summed E-state index contributed by atoms with van der Waals surface area (Å²) in [6.45, 7) is 8.92. The average molecular weight is 154 g/mol. The van der Waals surface area contributed by atoms with Crippen LogP contribution in [0, 0.1) is 11.3 Å². The number of aliphatic imine (C=N–C) groups is 1. The minimum Gasteiger partial charge on any atom is -0.309 e. The van der Waals surface area contributed by atoms with Gasteiger partial charge in [-0.15, -0.1) is 0 Å². The van der Waals surface area contributed by atoms with Crippen LogP contribution in [0.5, 0.6) is 0 Å². The largest absolute Gasteiger partial charge is 0.309 e. The second-order valence-corrected chi connectivity index (χ2v) is 3.07. The third-order valence-electron chi connectivity index (χ3n) is 1.57. The highest BCUT2D eigenvalue weighted by Crippen LogP contribution is 2.00. The van der Waals surface area contributed by atoms with Crippen LogP contribution >= 0.6 is 0 Å². The molecule has 0 aromatic carbocycles. The molecule has 11 heavy (non-hydrogen) atoms. The first-order chi connectivity index (χ1) is 5.07. The first-order valence-electron chi connectivity index (χ1n) is 4.15. The summed E-state index contributed by atoms with van der Waals surface area (Å²) in [7, 11) is 0. The van der Waals surface area contributed by atoms with E-state index >= 15 is 0 Å². The monoisotopic (exact) mass is 154 g/mol. The van der Waals surface area contributed by atoms with Crippen molar-refractivity contribution in [3.8, 4) is 0 Å². The van der Waals surface area contributed by atoms with Crippen molar-refractivity contribution in [3.63, 3.8) is 0 Å². The molecule has 0 aliphatic carbocycles. The summed E-state index contributed by atoms with van der Waals surface area (Å²) in [6.07, 6.45) is 0.742. The second kappa shape index (κ2) is 5.05. The lowest BCUT2D eigenvalue weighted by Gasteiger charge is -2.06. The fourth-order valence-corrected chi connectivity index (χ4v) is 0.806. The molecule has 0 spiro atoms. The molecule has 0 radical (unpaired) electrons. The van der Waals surface area contributed by atoms with Gasteiger partial charge in [0, 0.05) is 24.4 Å². The molecule has 0 amide bonds. The fourth-order valence-electron chi connectivity index (χ4n) is 0.806. The Morgan fingerprint density at radius 2 is 2.00 bits per heavy atom. The minimum atomic E-state index is 0.358. The molecule has 0 aromatic heterocycles. The van der Waals surface area contributed by atoms with Crippen LogP contribution in [0.1, 0.15) is 34.1 Å². The van der Waals surface area contributed by atoms with Crippen molar-refractivity contribution in [1.82, 2.24) is 0 Å². The molecular weight excluding hydrogens is 136 g/mol. The normalized spacial score (nSPS) is 12.3. The van der Waals surface area contributed by atoms with Gasteiger partial charge in [-0.1, -0.05) is 13.8 Å². The van der Waals surface area contributed by atoms with Gasteiger partial charge in [0.1, 0.15) is 0 Å². The highest BCUT2D eigenvalue weighted by atomic mass is 14.7. The maximum absolute atomic E-state index is 7.57. The quantitative estimate of drug-likeness (QED) is 0.604. The Morgan fingerprint density at radius 1 is 1.45 bits per heavy atom. The lowest BCUT2D eigenvalue weighted by Crippen LogP contribution is -2.10. The molecule has 0 atom stereocenters. The SMILES string of the molecule is CCN=C(C)CC(=N)C(C)C. The van der Waals surface area contributed by atoms with Gasteiger partial charge in [0.25, 0.3) is 0 Å². The van der Waals surface area contributed by atoms with Crippen molar-refractivity contribution >= 4 is 11.4 Å². The van der Waals surface area contributed by atoms with Crippen LogP contribution in [0.2, 0.25) is 0 Å². The molecule has 0 aromatic rings. The summed E-state index contributed by atoms with van der Waals surface area (Å²) in [5.41, 5.74) is 1.85.